The maximum atomic E-state index is 13.3. The molecule has 3 aromatic rings. The van der Waals surface area contributed by atoms with Crippen molar-refractivity contribution >= 4 is 51.8 Å². The largest absolute Gasteiger partial charge is 0.465 e. The van der Waals surface area contributed by atoms with Crippen LogP contribution in [-0.2, 0) is 14.3 Å². The minimum atomic E-state index is -0.548. The van der Waals surface area contributed by atoms with Crippen molar-refractivity contribution in [1.82, 2.24) is 9.80 Å². The molecule has 5 rings (SSSR count). The second kappa shape index (κ2) is 12.4. The number of anilines is 3. The number of benzene rings is 3. The third-order valence-electron chi connectivity index (χ3n) is 7.65. The predicted molar refractivity (Wildman–Crippen MR) is 164 cm³/mol. The van der Waals surface area contributed by atoms with E-state index in [0.717, 1.165) is 26.2 Å². The fraction of sp³-hybridized carbons (Fsp3) is 0.258. The van der Waals surface area contributed by atoms with Crippen LogP contribution in [0.4, 0.5) is 22.7 Å². The van der Waals surface area contributed by atoms with Gasteiger partial charge in [0.05, 0.1) is 35.4 Å². The number of carbonyl (C=O) groups excluding carboxylic acids is 3. The molecule has 2 amide bonds. The first-order chi connectivity index (χ1) is 20.6. The molecule has 1 saturated heterocycles. The van der Waals surface area contributed by atoms with Crippen LogP contribution in [0.25, 0.3) is 11.3 Å². The average Bonchev–Trinajstić information content (AvgIpc) is 3.35. The molecule has 0 aromatic heterocycles. The van der Waals surface area contributed by atoms with Crippen LogP contribution in [0.15, 0.2) is 66.7 Å². The second-order valence-electron chi connectivity index (χ2n) is 10.5. The molecule has 2 aliphatic rings. The lowest BCUT2D eigenvalue weighted by molar-refractivity contribution is -0.384. The SMILES string of the molecule is COC(=O)c1ccc2c(c1)/C(=C(/Nc1ccc(N(C)C(=O)CN3CCN(C)CC3)cc1)c1ccc([N+](=O)[O-])cc1)C(=O)N2. The lowest BCUT2D eigenvalue weighted by Gasteiger charge is -2.32. The second-order valence-corrected chi connectivity index (χ2v) is 10.5. The Bertz CT molecular complexity index is 1590. The van der Waals surface area contributed by atoms with Gasteiger partial charge in [-0.25, -0.2) is 4.79 Å². The Morgan fingerprint density at radius 2 is 1.65 bits per heavy atom. The summed E-state index contributed by atoms with van der Waals surface area (Å²) in [5, 5.41) is 17.4. The maximum absolute atomic E-state index is 13.3. The van der Waals surface area contributed by atoms with Crippen LogP contribution in [0, 0.1) is 10.1 Å². The number of methoxy groups -OCH3 is 1. The molecule has 0 aliphatic carbocycles. The highest BCUT2D eigenvalue weighted by Crippen LogP contribution is 2.38. The van der Waals surface area contributed by atoms with E-state index in [9.17, 15) is 24.5 Å². The molecule has 12 nitrogen and oxygen atoms in total. The molecular weight excluding hydrogens is 552 g/mol. The number of piperazine rings is 1. The summed E-state index contributed by atoms with van der Waals surface area (Å²) in [4.78, 5) is 55.3. The Balaban J connectivity index is 1.45. The number of fused-ring (bicyclic) bond motifs is 1. The molecule has 12 heteroatoms. The fourth-order valence-electron chi connectivity index (χ4n) is 5.05. The summed E-state index contributed by atoms with van der Waals surface area (Å²) in [6, 6.07) is 17.8. The Morgan fingerprint density at radius 3 is 2.28 bits per heavy atom. The lowest BCUT2D eigenvalue weighted by Crippen LogP contribution is -2.48. The van der Waals surface area contributed by atoms with E-state index in [-0.39, 0.29) is 22.7 Å². The number of non-ortho nitro benzene ring substituents is 1. The molecule has 43 heavy (non-hydrogen) atoms. The van der Waals surface area contributed by atoms with Gasteiger partial charge in [-0.2, -0.15) is 0 Å². The van der Waals surface area contributed by atoms with E-state index in [4.69, 9.17) is 4.74 Å². The quantitative estimate of drug-likeness (QED) is 0.176. The smallest absolute Gasteiger partial charge is 0.337 e. The van der Waals surface area contributed by atoms with Gasteiger partial charge in [0.15, 0.2) is 0 Å². The van der Waals surface area contributed by atoms with Crippen LogP contribution in [0.5, 0.6) is 0 Å². The van der Waals surface area contributed by atoms with Crippen molar-refractivity contribution in [2.24, 2.45) is 0 Å². The van der Waals surface area contributed by atoms with Gasteiger partial charge < -0.3 is 25.2 Å². The highest BCUT2D eigenvalue weighted by molar-refractivity contribution is 6.37. The van der Waals surface area contributed by atoms with E-state index in [1.165, 1.54) is 19.2 Å². The van der Waals surface area contributed by atoms with Crippen molar-refractivity contribution in [3.05, 3.63) is 93.5 Å². The topological polar surface area (TPSA) is 137 Å². The Labute approximate surface area is 248 Å². The standard InChI is InChI=1S/C31H32N6O6/c1-34-14-16-36(17-15-34)19-27(38)35(2)23-11-7-22(8-12-23)32-29(20-4-9-24(10-5-20)37(41)42)28-25-18-21(31(40)43-3)6-13-26(25)33-30(28)39/h4-13,18,32H,14-17,19H2,1-3H3,(H,33,39)/b29-28-. The van der Waals surface area contributed by atoms with Crippen LogP contribution in [0.1, 0.15) is 21.5 Å². The highest BCUT2D eigenvalue weighted by Gasteiger charge is 2.30. The molecule has 0 radical (unpaired) electrons. The van der Waals surface area contributed by atoms with E-state index >= 15 is 0 Å². The van der Waals surface area contributed by atoms with Crippen LogP contribution in [-0.4, -0.2) is 86.4 Å². The summed E-state index contributed by atoms with van der Waals surface area (Å²) in [6.07, 6.45) is 0. The van der Waals surface area contributed by atoms with E-state index in [2.05, 4.69) is 27.5 Å². The molecule has 2 N–H and O–H groups in total. The number of nitro benzene ring substituents is 1. The molecule has 0 unspecified atom stereocenters. The van der Waals surface area contributed by atoms with Gasteiger partial charge in [0, 0.05) is 68.0 Å². The van der Waals surface area contributed by atoms with Gasteiger partial charge in [0.1, 0.15) is 0 Å². The van der Waals surface area contributed by atoms with Crippen LogP contribution >= 0.6 is 0 Å². The number of esters is 1. The maximum Gasteiger partial charge on any atom is 0.337 e. The summed E-state index contributed by atoms with van der Waals surface area (Å²) < 4.78 is 4.86. The number of nitrogens with zero attached hydrogens (tertiary/aromatic N) is 4. The van der Waals surface area contributed by atoms with Gasteiger partial charge in [0.25, 0.3) is 11.6 Å². The number of likely N-dealkylation sites (N-methyl/N-ethyl adjacent to an activating group) is 2. The van der Waals surface area contributed by atoms with Crippen molar-refractivity contribution in [1.29, 1.82) is 0 Å². The van der Waals surface area contributed by atoms with E-state index in [1.54, 1.807) is 66.5 Å². The first kappa shape index (κ1) is 29.4. The third kappa shape index (κ3) is 6.40. The van der Waals surface area contributed by atoms with Gasteiger partial charge in [-0.05, 0) is 67.2 Å². The van der Waals surface area contributed by atoms with Gasteiger partial charge in [-0.15, -0.1) is 0 Å². The normalized spacial score (nSPS) is 16.2. The van der Waals surface area contributed by atoms with Crippen molar-refractivity contribution in [3.8, 4) is 0 Å². The van der Waals surface area contributed by atoms with Crippen LogP contribution in [0.3, 0.4) is 0 Å². The monoisotopic (exact) mass is 584 g/mol. The van der Waals surface area contributed by atoms with Gasteiger partial charge in [-0.1, -0.05) is 0 Å². The summed E-state index contributed by atoms with van der Waals surface area (Å²) >= 11 is 0. The zero-order valence-corrected chi connectivity index (χ0v) is 24.1. The molecule has 0 bridgehead atoms. The molecule has 2 aliphatic heterocycles. The van der Waals surface area contributed by atoms with E-state index in [1.807, 2.05) is 0 Å². The first-order valence-corrected chi connectivity index (χ1v) is 13.7. The first-order valence-electron chi connectivity index (χ1n) is 13.7. The molecule has 2 heterocycles. The zero-order chi connectivity index (χ0) is 30.7. The predicted octanol–water partition coefficient (Wildman–Crippen LogP) is 3.52. The van der Waals surface area contributed by atoms with Crippen LogP contribution < -0.4 is 15.5 Å². The molecule has 0 saturated carbocycles. The Hall–Kier alpha value is -5.07. The van der Waals surface area contributed by atoms with Crippen molar-refractivity contribution < 1.29 is 24.0 Å². The summed E-state index contributed by atoms with van der Waals surface area (Å²) in [5.74, 6) is -0.962. The summed E-state index contributed by atoms with van der Waals surface area (Å²) in [6.45, 7) is 3.88. The number of nitrogens with one attached hydrogen (secondary N) is 2. The number of carbonyl (C=O) groups is 3. The molecule has 1 fully saturated rings. The zero-order valence-electron chi connectivity index (χ0n) is 24.1. The van der Waals surface area contributed by atoms with Gasteiger partial charge in [-0.3, -0.25) is 24.6 Å². The molecular formula is C31H32N6O6. The number of amides is 2. The minimum absolute atomic E-state index is 0.0143. The minimum Gasteiger partial charge on any atom is -0.465 e. The number of hydrogen-bond donors (Lipinski definition) is 2. The van der Waals surface area contributed by atoms with E-state index in [0.29, 0.717) is 40.4 Å². The van der Waals surface area contributed by atoms with Gasteiger partial charge in [0.2, 0.25) is 5.91 Å². The third-order valence-corrected chi connectivity index (χ3v) is 7.65. The molecule has 0 spiro atoms. The number of nitro groups is 1. The number of ether oxygens (including phenoxy) is 1. The Morgan fingerprint density at radius 1 is 1.00 bits per heavy atom. The average molecular weight is 585 g/mol. The van der Waals surface area contributed by atoms with Crippen molar-refractivity contribution in [2.75, 3.05) is 69.5 Å². The fourth-order valence-corrected chi connectivity index (χ4v) is 5.05. The number of hydrogen-bond acceptors (Lipinski definition) is 9. The Kier molecular flexibility index (Phi) is 8.51. The van der Waals surface area contributed by atoms with Gasteiger partial charge >= 0.3 is 5.97 Å². The molecule has 222 valence electrons. The van der Waals surface area contributed by atoms with Crippen LogP contribution in [0.2, 0.25) is 0 Å². The van der Waals surface area contributed by atoms with Crippen molar-refractivity contribution in [2.45, 2.75) is 0 Å². The lowest BCUT2D eigenvalue weighted by atomic mass is 9.98. The molecule has 3 aromatic carbocycles. The summed E-state index contributed by atoms with van der Waals surface area (Å²) in [7, 11) is 5.09. The summed E-state index contributed by atoms with van der Waals surface area (Å²) in [5.41, 5.74) is 3.69. The highest BCUT2D eigenvalue weighted by atomic mass is 16.6. The van der Waals surface area contributed by atoms with Crippen molar-refractivity contribution in [3.63, 3.8) is 0 Å². The number of rotatable bonds is 8. The van der Waals surface area contributed by atoms with E-state index < -0.39 is 16.8 Å². The molecule has 0 atom stereocenters.